The van der Waals surface area contributed by atoms with Gasteiger partial charge in [0.25, 0.3) is 0 Å². The molecule has 0 spiro atoms. The van der Waals surface area contributed by atoms with Crippen LogP contribution in [0.2, 0.25) is 0 Å². The molecule has 6 heteroatoms. The molecule has 0 aliphatic carbocycles. The molecule has 1 N–H and O–H groups in total. The Kier molecular flexibility index (Phi) is 5.69. The lowest BCUT2D eigenvalue weighted by molar-refractivity contribution is -0.101. The molecule has 4 rings (SSSR count). The van der Waals surface area contributed by atoms with Gasteiger partial charge in [-0.05, 0) is 30.5 Å². The van der Waals surface area contributed by atoms with Crippen LogP contribution < -0.4 is 4.74 Å². The van der Waals surface area contributed by atoms with Crippen molar-refractivity contribution in [1.29, 1.82) is 0 Å². The lowest BCUT2D eigenvalue weighted by Crippen LogP contribution is -2.32. The van der Waals surface area contributed by atoms with E-state index >= 15 is 0 Å². The Balaban J connectivity index is 1.37. The second kappa shape index (κ2) is 8.54. The molecule has 1 aliphatic rings. The maximum atomic E-state index is 10.3. The van der Waals surface area contributed by atoms with Crippen molar-refractivity contribution in [3.05, 3.63) is 66.4 Å². The minimum Gasteiger partial charge on any atom is -0.497 e. The van der Waals surface area contributed by atoms with Crippen molar-refractivity contribution in [1.82, 2.24) is 15.0 Å². The van der Waals surface area contributed by atoms with Gasteiger partial charge in [-0.3, -0.25) is 4.68 Å². The van der Waals surface area contributed by atoms with Crippen molar-refractivity contribution in [2.24, 2.45) is 0 Å². The standard InChI is InChI=1S/C22H25N3O3/c1-27-19-9-7-17(8-10-19)22-14-18(26)13-20(28-22)11-12-25-15-21(23-24-25)16-5-3-2-4-6-16/h2-10,15,18,20,22,26H,11-14H2,1H3/t18-,20-,22-/m1/s1. The highest BCUT2D eigenvalue weighted by Crippen LogP contribution is 2.33. The van der Waals surface area contributed by atoms with Crippen LogP contribution >= 0.6 is 0 Å². The van der Waals surface area contributed by atoms with E-state index in [4.69, 9.17) is 9.47 Å². The summed E-state index contributed by atoms with van der Waals surface area (Å²) in [5.41, 5.74) is 2.98. The lowest BCUT2D eigenvalue weighted by atomic mass is 9.95. The molecule has 0 unspecified atom stereocenters. The largest absolute Gasteiger partial charge is 0.497 e. The van der Waals surface area contributed by atoms with Crippen LogP contribution in [0, 0.1) is 0 Å². The molecular weight excluding hydrogens is 354 g/mol. The normalized spacial score (nSPS) is 22.1. The van der Waals surface area contributed by atoms with E-state index < -0.39 is 0 Å². The Hall–Kier alpha value is -2.70. The van der Waals surface area contributed by atoms with Crippen LogP contribution in [0.3, 0.4) is 0 Å². The number of aliphatic hydroxyl groups excluding tert-OH is 1. The quantitative estimate of drug-likeness (QED) is 0.708. The smallest absolute Gasteiger partial charge is 0.118 e. The minimum absolute atomic E-state index is 0.0137. The number of hydrogen-bond acceptors (Lipinski definition) is 5. The molecule has 28 heavy (non-hydrogen) atoms. The maximum absolute atomic E-state index is 10.3. The van der Waals surface area contributed by atoms with E-state index in [0.717, 1.165) is 29.0 Å². The summed E-state index contributed by atoms with van der Waals surface area (Å²) in [5.74, 6) is 0.817. The highest BCUT2D eigenvalue weighted by molar-refractivity contribution is 5.57. The third kappa shape index (κ3) is 4.40. The molecule has 2 heterocycles. The summed E-state index contributed by atoms with van der Waals surface area (Å²) in [4.78, 5) is 0. The first-order chi connectivity index (χ1) is 13.7. The summed E-state index contributed by atoms with van der Waals surface area (Å²) in [5, 5.41) is 18.8. The van der Waals surface area contributed by atoms with Crippen molar-refractivity contribution in [3.63, 3.8) is 0 Å². The summed E-state index contributed by atoms with van der Waals surface area (Å²) in [6.07, 6.45) is 3.52. The van der Waals surface area contributed by atoms with Crippen LogP contribution in [0.25, 0.3) is 11.3 Å². The molecule has 3 aromatic rings. The molecule has 0 saturated carbocycles. The number of aliphatic hydroxyl groups is 1. The Morgan fingerprint density at radius 2 is 1.89 bits per heavy atom. The Morgan fingerprint density at radius 3 is 2.64 bits per heavy atom. The van der Waals surface area contributed by atoms with Gasteiger partial charge in [0, 0.05) is 18.5 Å². The monoisotopic (exact) mass is 379 g/mol. The van der Waals surface area contributed by atoms with Gasteiger partial charge in [0.15, 0.2) is 0 Å². The van der Waals surface area contributed by atoms with E-state index in [2.05, 4.69) is 10.3 Å². The van der Waals surface area contributed by atoms with Crippen LogP contribution in [0.5, 0.6) is 5.75 Å². The fraction of sp³-hybridized carbons (Fsp3) is 0.364. The van der Waals surface area contributed by atoms with Crippen LogP contribution in [-0.4, -0.2) is 39.4 Å². The van der Waals surface area contributed by atoms with Crippen molar-refractivity contribution in [2.45, 2.75) is 44.1 Å². The van der Waals surface area contributed by atoms with E-state index in [-0.39, 0.29) is 18.3 Å². The molecule has 0 bridgehead atoms. The fourth-order valence-corrected chi connectivity index (χ4v) is 3.63. The maximum Gasteiger partial charge on any atom is 0.118 e. The first-order valence-electron chi connectivity index (χ1n) is 9.64. The molecule has 1 saturated heterocycles. The average Bonchev–Trinajstić information content (AvgIpc) is 3.22. The molecular formula is C22H25N3O3. The van der Waals surface area contributed by atoms with Gasteiger partial charge in [0.2, 0.25) is 0 Å². The predicted octanol–water partition coefficient (Wildman–Crippen LogP) is 3.63. The number of nitrogens with zero attached hydrogens (tertiary/aromatic N) is 3. The SMILES string of the molecule is COc1ccc([C@H]2C[C@H](O)C[C@@H](CCn3cc(-c4ccccc4)nn3)O2)cc1. The molecule has 146 valence electrons. The summed E-state index contributed by atoms with van der Waals surface area (Å²) in [7, 11) is 1.65. The van der Waals surface area contributed by atoms with Crippen LogP contribution in [0.15, 0.2) is 60.8 Å². The van der Waals surface area contributed by atoms with Crippen LogP contribution in [0.1, 0.15) is 30.9 Å². The topological polar surface area (TPSA) is 69.4 Å². The summed E-state index contributed by atoms with van der Waals surface area (Å²) in [6, 6.07) is 17.9. The van der Waals surface area contributed by atoms with Gasteiger partial charge in [-0.15, -0.1) is 5.10 Å². The summed E-state index contributed by atoms with van der Waals surface area (Å²) < 4.78 is 13.3. The first kappa shape index (κ1) is 18.7. The Bertz CT molecular complexity index is 880. The lowest BCUT2D eigenvalue weighted by Gasteiger charge is -2.33. The van der Waals surface area contributed by atoms with E-state index in [1.165, 1.54) is 0 Å². The zero-order valence-corrected chi connectivity index (χ0v) is 15.9. The molecule has 0 radical (unpaired) electrons. The van der Waals surface area contributed by atoms with Crippen molar-refractivity contribution >= 4 is 0 Å². The van der Waals surface area contributed by atoms with E-state index in [0.29, 0.717) is 19.4 Å². The van der Waals surface area contributed by atoms with Crippen molar-refractivity contribution in [3.8, 4) is 17.0 Å². The molecule has 1 aromatic heterocycles. The first-order valence-corrected chi connectivity index (χ1v) is 9.64. The molecule has 2 aromatic carbocycles. The molecule has 3 atom stereocenters. The van der Waals surface area contributed by atoms with Gasteiger partial charge in [-0.2, -0.15) is 0 Å². The number of methoxy groups -OCH3 is 1. The summed E-state index contributed by atoms with van der Waals surface area (Å²) >= 11 is 0. The number of benzene rings is 2. The number of rotatable bonds is 6. The van der Waals surface area contributed by atoms with Crippen molar-refractivity contribution in [2.75, 3.05) is 7.11 Å². The van der Waals surface area contributed by atoms with E-state index in [1.54, 1.807) is 7.11 Å². The molecule has 1 aliphatic heterocycles. The second-order valence-corrected chi connectivity index (χ2v) is 7.17. The van der Waals surface area contributed by atoms with Crippen LogP contribution in [-0.2, 0) is 11.3 Å². The van der Waals surface area contributed by atoms with Gasteiger partial charge >= 0.3 is 0 Å². The molecule has 6 nitrogen and oxygen atoms in total. The predicted molar refractivity (Wildman–Crippen MR) is 106 cm³/mol. The van der Waals surface area contributed by atoms with E-state index in [9.17, 15) is 5.11 Å². The van der Waals surface area contributed by atoms with Gasteiger partial charge < -0.3 is 14.6 Å². The zero-order valence-electron chi connectivity index (χ0n) is 15.9. The third-order valence-corrected chi connectivity index (χ3v) is 5.15. The molecule has 0 amide bonds. The minimum atomic E-state index is -0.360. The average molecular weight is 379 g/mol. The number of hydrogen-bond donors (Lipinski definition) is 1. The number of aromatic nitrogens is 3. The second-order valence-electron chi connectivity index (χ2n) is 7.17. The van der Waals surface area contributed by atoms with E-state index in [1.807, 2.05) is 65.5 Å². The van der Waals surface area contributed by atoms with Crippen molar-refractivity contribution < 1.29 is 14.6 Å². The van der Waals surface area contributed by atoms with Gasteiger partial charge in [-0.25, -0.2) is 0 Å². The zero-order chi connectivity index (χ0) is 19.3. The highest BCUT2D eigenvalue weighted by Gasteiger charge is 2.29. The Labute approximate surface area is 164 Å². The fourth-order valence-electron chi connectivity index (χ4n) is 3.63. The van der Waals surface area contributed by atoms with Gasteiger partial charge in [0.05, 0.1) is 31.6 Å². The number of aryl methyl sites for hydroxylation is 1. The number of ether oxygens (including phenoxy) is 2. The van der Waals surface area contributed by atoms with Gasteiger partial charge in [-0.1, -0.05) is 47.7 Å². The highest BCUT2D eigenvalue weighted by atomic mass is 16.5. The Morgan fingerprint density at radius 1 is 1.11 bits per heavy atom. The molecule has 1 fully saturated rings. The van der Waals surface area contributed by atoms with Crippen LogP contribution in [0.4, 0.5) is 0 Å². The van der Waals surface area contributed by atoms with Gasteiger partial charge in [0.1, 0.15) is 11.4 Å². The summed E-state index contributed by atoms with van der Waals surface area (Å²) in [6.45, 7) is 0.701. The third-order valence-electron chi connectivity index (χ3n) is 5.15.